The van der Waals surface area contributed by atoms with Crippen molar-refractivity contribution >= 4 is 56.4 Å². The number of amides is 2. The average Bonchev–Trinajstić information content (AvgIpc) is 2.18. The van der Waals surface area contributed by atoms with Gasteiger partial charge in [-0.05, 0) is 77.5 Å². The number of hydrogen-bond acceptors (Lipinski definition) is 3. The molecule has 1 aromatic carbocycles. The lowest BCUT2D eigenvalue weighted by Crippen LogP contribution is -2.40. The molecule has 0 fully saturated rings. The number of anilines is 1. The van der Waals surface area contributed by atoms with Crippen LogP contribution in [-0.4, -0.2) is 22.9 Å². The first-order chi connectivity index (χ1) is 8.61. The lowest BCUT2D eigenvalue weighted by Gasteiger charge is -2.25. The largest absolute Gasteiger partial charge is 0.464 e. The summed E-state index contributed by atoms with van der Waals surface area (Å²) in [4.78, 5) is 23.8. The van der Waals surface area contributed by atoms with E-state index in [1.165, 1.54) is 0 Å². The molecule has 1 aromatic rings. The fourth-order valence-electron chi connectivity index (χ4n) is 1.25. The first-order valence-corrected chi connectivity index (χ1v) is 7.20. The van der Waals surface area contributed by atoms with Crippen molar-refractivity contribution in [2.45, 2.75) is 26.4 Å². The molecule has 104 valence electrons. The van der Waals surface area contributed by atoms with E-state index in [1.54, 1.807) is 39.0 Å². The molecule has 5 nitrogen and oxygen atoms in total. The van der Waals surface area contributed by atoms with E-state index in [1.807, 2.05) is 0 Å². The molecular weight excluding hydrogens is 429 g/mol. The Morgan fingerprint density at radius 1 is 1.37 bits per heavy atom. The number of halogens is 2. The fourth-order valence-corrected chi connectivity index (χ4v) is 2.72. The minimum atomic E-state index is -1.39. The molecular formula is C12H13BrINO4. The zero-order valence-electron chi connectivity index (χ0n) is 10.6. The number of ether oxygens (including phenoxy) is 1. The fraction of sp³-hybridized carbons (Fsp3) is 0.333. The third-order valence-electron chi connectivity index (χ3n) is 1.92. The molecule has 0 spiro atoms. The van der Waals surface area contributed by atoms with E-state index in [0.29, 0.717) is 9.37 Å². The van der Waals surface area contributed by atoms with Crippen molar-refractivity contribution in [1.29, 1.82) is 0 Å². The predicted molar refractivity (Wildman–Crippen MR) is 83.6 cm³/mol. The van der Waals surface area contributed by atoms with Crippen molar-refractivity contribution in [3.8, 4) is 0 Å². The summed E-state index contributed by atoms with van der Waals surface area (Å²) < 4.78 is 6.51. The number of nitrogens with zero attached hydrogens (tertiary/aromatic N) is 1. The van der Waals surface area contributed by atoms with Crippen molar-refractivity contribution in [2.24, 2.45) is 0 Å². The molecule has 0 aliphatic rings. The third-order valence-corrected chi connectivity index (χ3v) is 3.22. The number of carbonyl (C=O) groups excluding carboxylic acids is 1. The Bertz CT molecular complexity index is 513. The van der Waals surface area contributed by atoms with Crippen LogP contribution in [-0.2, 0) is 4.74 Å². The number of carbonyl (C=O) groups is 2. The first kappa shape index (κ1) is 16.2. The smallest absolute Gasteiger partial charge is 0.424 e. The van der Waals surface area contributed by atoms with Gasteiger partial charge in [-0.2, -0.15) is 4.90 Å². The average molecular weight is 442 g/mol. The highest BCUT2D eigenvalue weighted by atomic mass is 127. The van der Waals surface area contributed by atoms with Crippen LogP contribution in [0.15, 0.2) is 22.7 Å². The molecule has 2 amide bonds. The van der Waals surface area contributed by atoms with Crippen LogP contribution in [0, 0.1) is 3.57 Å². The molecule has 1 rings (SSSR count). The van der Waals surface area contributed by atoms with E-state index in [4.69, 9.17) is 4.74 Å². The monoisotopic (exact) mass is 441 g/mol. The summed E-state index contributed by atoms with van der Waals surface area (Å²) in [5.41, 5.74) is -0.539. The van der Waals surface area contributed by atoms with Crippen LogP contribution in [0.2, 0.25) is 0 Å². The van der Waals surface area contributed by atoms with Gasteiger partial charge in [0.25, 0.3) is 0 Å². The molecule has 0 saturated heterocycles. The van der Waals surface area contributed by atoms with Crippen molar-refractivity contribution < 1.29 is 19.4 Å². The molecule has 0 saturated carbocycles. The molecule has 0 aliphatic heterocycles. The molecule has 0 atom stereocenters. The number of hydrogen-bond donors (Lipinski definition) is 1. The van der Waals surface area contributed by atoms with Gasteiger partial charge >= 0.3 is 12.2 Å². The maximum atomic E-state index is 11.9. The van der Waals surface area contributed by atoms with Gasteiger partial charge in [-0.15, -0.1) is 0 Å². The molecule has 0 aromatic heterocycles. The van der Waals surface area contributed by atoms with Gasteiger partial charge in [0.1, 0.15) is 5.60 Å². The second-order valence-corrected chi connectivity index (χ2v) is 6.79. The Balaban J connectivity index is 3.14. The van der Waals surface area contributed by atoms with E-state index in [9.17, 15) is 14.7 Å². The SMILES string of the molecule is CC(C)(C)OC(=O)N(C(=O)O)c1ccc(I)cc1Br. The van der Waals surface area contributed by atoms with Gasteiger partial charge in [0.05, 0.1) is 5.69 Å². The molecule has 7 heteroatoms. The van der Waals surface area contributed by atoms with E-state index in [2.05, 4.69) is 38.5 Å². The normalized spacial score (nSPS) is 11.0. The number of carboxylic acid groups (broad SMARTS) is 1. The van der Waals surface area contributed by atoms with Crippen LogP contribution in [0.25, 0.3) is 0 Å². The van der Waals surface area contributed by atoms with Crippen LogP contribution in [0.3, 0.4) is 0 Å². The minimum absolute atomic E-state index is 0.224. The quantitative estimate of drug-likeness (QED) is 0.652. The Morgan fingerprint density at radius 2 is 1.95 bits per heavy atom. The second-order valence-electron chi connectivity index (χ2n) is 4.69. The minimum Gasteiger partial charge on any atom is -0.464 e. The molecule has 0 aliphatic carbocycles. The van der Waals surface area contributed by atoms with Gasteiger partial charge in [-0.3, -0.25) is 0 Å². The van der Waals surface area contributed by atoms with Crippen LogP contribution >= 0.6 is 38.5 Å². The Labute approximate surface area is 133 Å². The number of rotatable bonds is 1. The van der Waals surface area contributed by atoms with Crippen molar-refractivity contribution in [3.63, 3.8) is 0 Å². The van der Waals surface area contributed by atoms with E-state index in [-0.39, 0.29) is 5.69 Å². The second kappa shape index (κ2) is 6.08. The summed E-state index contributed by atoms with van der Waals surface area (Å²) in [7, 11) is 0. The zero-order valence-corrected chi connectivity index (χ0v) is 14.4. The van der Waals surface area contributed by atoms with Gasteiger partial charge in [0.2, 0.25) is 0 Å². The molecule has 0 heterocycles. The number of benzene rings is 1. The molecule has 1 N–H and O–H groups in total. The summed E-state index contributed by atoms with van der Waals surface area (Å²) in [6, 6.07) is 4.97. The lowest BCUT2D eigenvalue weighted by molar-refractivity contribution is 0.0582. The van der Waals surface area contributed by atoms with Crippen LogP contribution < -0.4 is 4.90 Å². The van der Waals surface area contributed by atoms with Crippen LogP contribution in [0.4, 0.5) is 15.3 Å². The lowest BCUT2D eigenvalue weighted by atomic mass is 10.2. The summed E-state index contributed by atoms with van der Waals surface area (Å²) in [5, 5.41) is 9.19. The molecule has 0 unspecified atom stereocenters. The van der Waals surface area contributed by atoms with E-state index < -0.39 is 17.8 Å². The van der Waals surface area contributed by atoms with Gasteiger partial charge in [0, 0.05) is 8.04 Å². The zero-order chi connectivity index (χ0) is 14.8. The summed E-state index contributed by atoms with van der Waals surface area (Å²) in [5.74, 6) is 0. The molecule has 19 heavy (non-hydrogen) atoms. The highest BCUT2D eigenvalue weighted by Gasteiger charge is 2.29. The van der Waals surface area contributed by atoms with Crippen molar-refractivity contribution in [2.75, 3.05) is 4.90 Å². The molecule has 0 radical (unpaired) electrons. The number of imide groups is 1. The van der Waals surface area contributed by atoms with Crippen molar-refractivity contribution in [1.82, 2.24) is 0 Å². The van der Waals surface area contributed by atoms with E-state index >= 15 is 0 Å². The molecule has 0 bridgehead atoms. The van der Waals surface area contributed by atoms with Crippen LogP contribution in [0.5, 0.6) is 0 Å². The van der Waals surface area contributed by atoms with Gasteiger partial charge in [-0.1, -0.05) is 0 Å². The Kier molecular flexibility index (Phi) is 5.19. The highest BCUT2D eigenvalue weighted by molar-refractivity contribution is 14.1. The van der Waals surface area contributed by atoms with E-state index in [0.717, 1.165) is 3.57 Å². The maximum absolute atomic E-state index is 11.9. The Morgan fingerprint density at radius 3 is 2.37 bits per heavy atom. The topological polar surface area (TPSA) is 66.8 Å². The standard InChI is InChI=1S/C12H13BrINO4/c1-12(2,3)19-11(18)15(10(16)17)9-5-4-7(14)6-8(9)13/h4-6H,1-3H3,(H,16,17). The first-order valence-electron chi connectivity index (χ1n) is 5.33. The third kappa shape index (κ3) is 4.64. The highest BCUT2D eigenvalue weighted by Crippen LogP contribution is 2.29. The van der Waals surface area contributed by atoms with Gasteiger partial charge in [-0.25, -0.2) is 9.59 Å². The summed E-state index contributed by atoms with van der Waals surface area (Å²) in [6.45, 7) is 5.02. The predicted octanol–water partition coefficient (Wildman–Crippen LogP) is 4.47. The maximum Gasteiger partial charge on any atom is 0.424 e. The van der Waals surface area contributed by atoms with Crippen LogP contribution in [0.1, 0.15) is 20.8 Å². The summed E-state index contributed by atoms with van der Waals surface area (Å²) in [6.07, 6.45) is -2.32. The Hall–Kier alpha value is -0.830. The van der Waals surface area contributed by atoms with Crippen molar-refractivity contribution in [3.05, 3.63) is 26.2 Å². The van der Waals surface area contributed by atoms with Gasteiger partial charge in [0.15, 0.2) is 0 Å². The summed E-state index contributed by atoms with van der Waals surface area (Å²) >= 11 is 5.34. The van der Waals surface area contributed by atoms with Gasteiger partial charge < -0.3 is 9.84 Å².